The van der Waals surface area contributed by atoms with E-state index in [-0.39, 0.29) is 19.1 Å². The second-order valence-electron chi connectivity index (χ2n) is 3.92. The maximum Gasteiger partial charge on any atom is 0.339 e. The predicted molar refractivity (Wildman–Crippen MR) is 83.2 cm³/mol. The lowest BCUT2D eigenvalue weighted by Crippen LogP contribution is -2.10. The molecular formula is C12H9IO6S2. The fraction of sp³-hybridized carbons (Fsp3) is 0. The molecular weight excluding hydrogens is 431 g/mol. The molecule has 0 saturated heterocycles. The van der Waals surface area contributed by atoms with E-state index in [1.165, 1.54) is 18.2 Å². The van der Waals surface area contributed by atoms with Gasteiger partial charge in [0.25, 0.3) is 10.1 Å². The molecule has 0 atom stereocenters. The molecule has 6 nitrogen and oxygen atoms in total. The smallest absolute Gasteiger partial charge is 0.339 e. The Morgan fingerprint density at radius 1 is 0.905 bits per heavy atom. The van der Waals surface area contributed by atoms with Crippen LogP contribution in [0.15, 0.2) is 58.3 Å². The molecule has 0 aliphatic carbocycles. The van der Waals surface area contributed by atoms with Gasteiger partial charge in [0, 0.05) is 0 Å². The molecule has 0 amide bonds. The number of rotatable bonds is 4. The van der Waals surface area contributed by atoms with E-state index < -0.39 is 20.2 Å². The van der Waals surface area contributed by atoms with Gasteiger partial charge in [-0.15, -0.1) is 0 Å². The lowest BCUT2D eigenvalue weighted by atomic mass is 10.3. The van der Waals surface area contributed by atoms with Crippen LogP contribution >= 0.6 is 22.6 Å². The van der Waals surface area contributed by atoms with Crippen molar-refractivity contribution in [1.82, 2.24) is 0 Å². The highest BCUT2D eigenvalue weighted by molar-refractivity contribution is 14.1. The average Bonchev–Trinajstić information content (AvgIpc) is 2.41. The summed E-state index contributed by atoms with van der Waals surface area (Å²) >= 11 is 1.72. The van der Waals surface area contributed by atoms with Crippen molar-refractivity contribution in [3.05, 3.63) is 52.1 Å². The lowest BCUT2D eigenvalue weighted by Gasteiger charge is -2.09. The number of hydrogen-bond donors (Lipinski definition) is 1. The van der Waals surface area contributed by atoms with E-state index in [4.69, 9.17) is 8.74 Å². The Kier molecular flexibility index (Phi) is 4.56. The number of halogens is 1. The Balaban J connectivity index is 2.37. The molecule has 21 heavy (non-hydrogen) atoms. The first-order chi connectivity index (χ1) is 9.70. The Labute approximate surface area is 135 Å². The standard InChI is InChI=1S/C12H9IO6S2/c13-11-8-10(20(14,15)16)6-7-12(11)19-21(17,18)9-4-2-1-3-5-9/h1-8H,(H,14,15,16). The minimum absolute atomic E-state index is 0.0142. The SMILES string of the molecule is O=S(=O)(O)c1ccc(OS(=O)(=O)c2ccccc2)c(I)c1. The topological polar surface area (TPSA) is 97.7 Å². The Morgan fingerprint density at radius 2 is 1.52 bits per heavy atom. The van der Waals surface area contributed by atoms with Gasteiger partial charge >= 0.3 is 10.1 Å². The van der Waals surface area contributed by atoms with Crippen LogP contribution in [0.5, 0.6) is 5.75 Å². The van der Waals surface area contributed by atoms with Gasteiger partial charge in [-0.25, -0.2) is 0 Å². The molecule has 0 aromatic heterocycles. The van der Waals surface area contributed by atoms with E-state index in [0.717, 1.165) is 12.1 Å². The van der Waals surface area contributed by atoms with Crippen LogP contribution in [-0.2, 0) is 20.2 Å². The number of benzene rings is 2. The molecule has 2 aromatic carbocycles. The van der Waals surface area contributed by atoms with Gasteiger partial charge in [0.15, 0.2) is 5.75 Å². The molecule has 0 unspecified atom stereocenters. The fourth-order valence-electron chi connectivity index (χ4n) is 1.46. The summed E-state index contributed by atoms with van der Waals surface area (Å²) in [4.78, 5) is -0.351. The van der Waals surface area contributed by atoms with Crippen LogP contribution in [0.3, 0.4) is 0 Å². The van der Waals surface area contributed by atoms with Crippen LogP contribution in [0.1, 0.15) is 0 Å². The highest BCUT2D eigenvalue weighted by Crippen LogP contribution is 2.27. The highest BCUT2D eigenvalue weighted by atomic mass is 127. The molecule has 0 saturated carbocycles. The van der Waals surface area contributed by atoms with Crippen molar-refractivity contribution in [2.24, 2.45) is 0 Å². The maximum absolute atomic E-state index is 12.0. The van der Waals surface area contributed by atoms with Gasteiger partial charge < -0.3 is 4.18 Å². The Bertz CT molecular complexity index is 860. The van der Waals surface area contributed by atoms with Crippen molar-refractivity contribution in [1.29, 1.82) is 0 Å². The van der Waals surface area contributed by atoms with Gasteiger partial charge in [-0.2, -0.15) is 16.8 Å². The molecule has 2 aromatic rings. The summed E-state index contributed by atoms with van der Waals surface area (Å²) in [6, 6.07) is 10.9. The first kappa shape index (κ1) is 16.2. The molecule has 112 valence electrons. The first-order valence-corrected chi connectivity index (χ1v) is 9.39. The minimum atomic E-state index is -4.35. The quantitative estimate of drug-likeness (QED) is 0.445. The van der Waals surface area contributed by atoms with Crippen LogP contribution in [0.2, 0.25) is 0 Å². The largest absolute Gasteiger partial charge is 0.378 e. The molecule has 2 rings (SSSR count). The van der Waals surface area contributed by atoms with Gasteiger partial charge in [-0.1, -0.05) is 18.2 Å². The van der Waals surface area contributed by atoms with E-state index in [9.17, 15) is 16.8 Å². The van der Waals surface area contributed by atoms with Crippen LogP contribution < -0.4 is 4.18 Å². The molecule has 0 aliphatic rings. The molecule has 0 fully saturated rings. The van der Waals surface area contributed by atoms with E-state index in [1.54, 1.807) is 40.8 Å². The van der Waals surface area contributed by atoms with E-state index >= 15 is 0 Å². The first-order valence-electron chi connectivity index (χ1n) is 5.47. The van der Waals surface area contributed by atoms with Crippen molar-refractivity contribution < 1.29 is 25.6 Å². The van der Waals surface area contributed by atoms with Crippen molar-refractivity contribution in [2.45, 2.75) is 9.79 Å². The average molecular weight is 440 g/mol. The summed E-state index contributed by atoms with van der Waals surface area (Å²) in [6.07, 6.45) is 0. The summed E-state index contributed by atoms with van der Waals surface area (Å²) in [7, 11) is -8.35. The van der Waals surface area contributed by atoms with Gasteiger partial charge in [-0.05, 0) is 52.9 Å². The van der Waals surface area contributed by atoms with E-state index in [0.29, 0.717) is 0 Å². The van der Waals surface area contributed by atoms with Gasteiger partial charge in [-0.3, -0.25) is 4.55 Å². The zero-order valence-corrected chi connectivity index (χ0v) is 14.1. The normalized spacial score (nSPS) is 12.1. The van der Waals surface area contributed by atoms with E-state index in [2.05, 4.69) is 0 Å². The number of hydrogen-bond acceptors (Lipinski definition) is 5. The van der Waals surface area contributed by atoms with Gasteiger partial charge in [0.1, 0.15) is 4.90 Å². The van der Waals surface area contributed by atoms with Crippen molar-refractivity contribution in [3.63, 3.8) is 0 Å². The molecule has 0 bridgehead atoms. The third-order valence-electron chi connectivity index (χ3n) is 2.43. The highest BCUT2D eigenvalue weighted by Gasteiger charge is 2.19. The van der Waals surface area contributed by atoms with Crippen molar-refractivity contribution in [2.75, 3.05) is 0 Å². The molecule has 0 spiro atoms. The molecule has 9 heteroatoms. The summed E-state index contributed by atoms with van der Waals surface area (Å²) in [5.41, 5.74) is 0. The van der Waals surface area contributed by atoms with Crippen molar-refractivity contribution >= 4 is 42.8 Å². The summed E-state index contributed by atoms with van der Waals surface area (Å²) in [5, 5.41) is 0. The Hall–Kier alpha value is -1.17. The lowest BCUT2D eigenvalue weighted by molar-refractivity contribution is 0.481. The van der Waals surface area contributed by atoms with Crippen LogP contribution in [-0.4, -0.2) is 21.4 Å². The molecule has 0 radical (unpaired) electrons. The second kappa shape index (κ2) is 5.91. The minimum Gasteiger partial charge on any atom is -0.378 e. The summed E-state index contributed by atoms with van der Waals surface area (Å²) < 4.78 is 60.2. The van der Waals surface area contributed by atoms with Crippen molar-refractivity contribution in [3.8, 4) is 5.75 Å². The van der Waals surface area contributed by atoms with Crippen LogP contribution in [0.4, 0.5) is 0 Å². The molecule has 1 N–H and O–H groups in total. The zero-order chi connectivity index (χ0) is 15.7. The summed E-state index contributed by atoms with van der Waals surface area (Å²) in [6.45, 7) is 0. The predicted octanol–water partition coefficient (Wildman–Crippen LogP) is 2.31. The maximum atomic E-state index is 12.0. The second-order valence-corrected chi connectivity index (χ2v) is 8.05. The third-order valence-corrected chi connectivity index (χ3v) is 5.37. The zero-order valence-electron chi connectivity index (χ0n) is 10.3. The van der Waals surface area contributed by atoms with Crippen LogP contribution in [0.25, 0.3) is 0 Å². The van der Waals surface area contributed by atoms with E-state index in [1.807, 2.05) is 0 Å². The molecule has 0 aliphatic heterocycles. The monoisotopic (exact) mass is 440 g/mol. The fourth-order valence-corrected chi connectivity index (χ4v) is 3.92. The Morgan fingerprint density at radius 3 is 2.05 bits per heavy atom. The van der Waals surface area contributed by atoms with Gasteiger partial charge in [0.2, 0.25) is 0 Å². The summed E-state index contributed by atoms with van der Waals surface area (Å²) in [5.74, 6) is -0.0214. The van der Waals surface area contributed by atoms with Gasteiger partial charge in [0.05, 0.1) is 8.47 Å². The molecule has 0 heterocycles. The van der Waals surface area contributed by atoms with Crippen LogP contribution in [0, 0.1) is 3.57 Å². The third kappa shape index (κ3) is 3.93.